The van der Waals surface area contributed by atoms with Crippen molar-refractivity contribution in [3.05, 3.63) is 52.8 Å². The molecule has 0 saturated heterocycles. The van der Waals surface area contributed by atoms with Gasteiger partial charge in [-0.05, 0) is 36.0 Å². The van der Waals surface area contributed by atoms with Crippen molar-refractivity contribution in [1.29, 1.82) is 0 Å². The summed E-state index contributed by atoms with van der Waals surface area (Å²) < 4.78 is 1.84. The molecule has 0 unspecified atom stereocenters. The lowest BCUT2D eigenvalue weighted by molar-refractivity contribution is 0.691. The second kappa shape index (κ2) is 4.94. The van der Waals surface area contributed by atoms with E-state index in [0.29, 0.717) is 0 Å². The quantitative estimate of drug-likeness (QED) is 0.889. The Balaban J connectivity index is 1.57. The van der Waals surface area contributed by atoms with Crippen LogP contribution in [0, 0.1) is 0 Å². The van der Waals surface area contributed by atoms with E-state index in [-0.39, 0.29) is 0 Å². The lowest BCUT2D eigenvalue weighted by Crippen LogP contribution is -2.12. The monoisotopic (exact) mass is 241 g/mol. The van der Waals surface area contributed by atoms with E-state index in [2.05, 4.69) is 34.8 Å². The van der Waals surface area contributed by atoms with Gasteiger partial charge in [0.1, 0.15) is 0 Å². The molecule has 1 aliphatic rings. The summed E-state index contributed by atoms with van der Waals surface area (Å²) in [7, 11) is 1.95. The molecule has 0 radical (unpaired) electrons. The highest BCUT2D eigenvalue weighted by Crippen LogP contribution is 2.22. The van der Waals surface area contributed by atoms with Gasteiger partial charge in [-0.15, -0.1) is 0 Å². The smallest absolute Gasteiger partial charge is 0.0534 e. The lowest BCUT2D eigenvalue weighted by atomic mass is 10.1. The van der Waals surface area contributed by atoms with Crippen molar-refractivity contribution in [2.45, 2.75) is 32.4 Å². The van der Waals surface area contributed by atoms with E-state index in [1.807, 2.05) is 17.9 Å². The largest absolute Gasteiger partial charge is 0.309 e. The third-order valence-electron chi connectivity index (χ3n) is 3.58. The number of fused-ring (bicyclic) bond motifs is 1. The predicted octanol–water partition coefficient (Wildman–Crippen LogP) is 2.20. The molecule has 1 heterocycles. The average molecular weight is 241 g/mol. The van der Waals surface area contributed by atoms with Gasteiger partial charge in [0.25, 0.3) is 0 Å². The zero-order valence-electron chi connectivity index (χ0n) is 10.8. The zero-order chi connectivity index (χ0) is 12.4. The average Bonchev–Trinajstić information content (AvgIpc) is 2.97. The van der Waals surface area contributed by atoms with Crippen LogP contribution >= 0.6 is 0 Å². The Hall–Kier alpha value is -1.61. The Morgan fingerprint density at radius 1 is 1.17 bits per heavy atom. The predicted molar refractivity (Wildman–Crippen MR) is 72.2 cm³/mol. The fourth-order valence-electron chi connectivity index (χ4n) is 2.65. The van der Waals surface area contributed by atoms with Gasteiger partial charge >= 0.3 is 0 Å². The minimum atomic E-state index is 0.880. The molecule has 3 rings (SSSR count). The minimum Gasteiger partial charge on any atom is -0.309 e. The van der Waals surface area contributed by atoms with Crippen LogP contribution in [-0.4, -0.2) is 9.78 Å². The summed E-state index contributed by atoms with van der Waals surface area (Å²) in [5.41, 5.74) is 5.72. The van der Waals surface area contributed by atoms with E-state index in [1.165, 1.54) is 30.4 Å². The maximum absolute atomic E-state index is 4.17. The SMILES string of the molecule is Cn1cc(CNCc2ccc3c(c2)CCC3)cn1. The van der Waals surface area contributed by atoms with Gasteiger partial charge in [0.15, 0.2) is 0 Å². The van der Waals surface area contributed by atoms with Gasteiger partial charge in [-0.3, -0.25) is 4.68 Å². The third-order valence-corrected chi connectivity index (χ3v) is 3.58. The topological polar surface area (TPSA) is 29.9 Å². The number of rotatable bonds is 4. The van der Waals surface area contributed by atoms with Crippen LogP contribution in [0.3, 0.4) is 0 Å². The maximum atomic E-state index is 4.17. The zero-order valence-corrected chi connectivity index (χ0v) is 10.8. The van der Waals surface area contributed by atoms with Crippen molar-refractivity contribution in [1.82, 2.24) is 15.1 Å². The first-order valence-corrected chi connectivity index (χ1v) is 6.60. The molecule has 3 heteroatoms. The second-order valence-corrected chi connectivity index (χ2v) is 5.08. The number of nitrogens with zero attached hydrogens (tertiary/aromatic N) is 2. The highest BCUT2D eigenvalue weighted by atomic mass is 15.2. The molecule has 1 aromatic carbocycles. The Morgan fingerprint density at radius 3 is 2.83 bits per heavy atom. The Bertz CT molecular complexity index is 542. The van der Waals surface area contributed by atoms with Crippen LogP contribution in [0.15, 0.2) is 30.6 Å². The van der Waals surface area contributed by atoms with E-state index in [1.54, 1.807) is 11.1 Å². The van der Waals surface area contributed by atoms with Crippen molar-refractivity contribution >= 4 is 0 Å². The van der Waals surface area contributed by atoms with Gasteiger partial charge in [-0.25, -0.2) is 0 Å². The summed E-state index contributed by atoms with van der Waals surface area (Å²) in [6.45, 7) is 1.81. The number of aromatic nitrogens is 2. The molecule has 18 heavy (non-hydrogen) atoms. The first kappa shape index (κ1) is 11.5. The van der Waals surface area contributed by atoms with Crippen molar-refractivity contribution < 1.29 is 0 Å². The first-order valence-electron chi connectivity index (χ1n) is 6.60. The normalized spacial score (nSPS) is 13.8. The van der Waals surface area contributed by atoms with Crippen LogP contribution in [0.5, 0.6) is 0 Å². The van der Waals surface area contributed by atoms with E-state index < -0.39 is 0 Å². The number of nitrogens with one attached hydrogen (secondary N) is 1. The molecule has 1 N–H and O–H groups in total. The molecule has 0 fully saturated rings. The summed E-state index contributed by atoms with van der Waals surface area (Å²) in [6.07, 6.45) is 7.80. The standard InChI is InChI=1S/C15H19N3/c1-18-11-13(10-17-18)9-16-8-12-5-6-14-3-2-4-15(14)7-12/h5-7,10-11,16H,2-4,8-9H2,1H3. The molecule has 0 spiro atoms. The fraction of sp³-hybridized carbons (Fsp3) is 0.400. The second-order valence-electron chi connectivity index (χ2n) is 5.08. The Labute approximate surface area is 108 Å². The van der Waals surface area contributed by atoms with Crippen LogP contribution in [0.1, 0.15) is 28.7 Å². The fourth-order valence-corrected chi connectivity index (χ4v) is 2.65. The van der Waals surface area contributed by atoms with Gasteiger partial charge in [0.05, 0.1) is 6.20 Å². The number of hydrogen-bond acceptors (Lipinski definition) is 2. The maximum Gasteiger partial charge on any atom is 0.0534 e. The van der Waals surface area contributed by atoms with Gasteiger partial charge in [0.2, 0.25) is 0 Å². The summed E-state index contributed by atoms with van der Waals surface area (Å²) in [6, 6.07) is 6.91. The number of hydrogen-bond donors (Lipinski definition) is 1. The molecular weight excluding hydrogens is 222 g/mol. The van der Waals surface area contributed by atoms with Crippen molar-refractivity contribution in [3.63, 3.8) is 0 Å². The molecule has 0 aliphatic heterocycles. The summed E-state index contributed by atoms with van der Waals surface area (Å²) >= 11 is 0. The summed E-state index contributed by atoms with van der Waals surface area (Å²) in [4.78, 5) is 0. The minimum absolute atomic E-state index is 0.880. The Morgan fingerprint density at radius 2 is 2.00 bits per heavy atom. The molecule has 94 valence electrons. The van der Waals surface area contributed by atoms with Crippen LogP contribution in [0.2, 0.25) is 0 Å². The molecule has 2 aromatic rings. The number of benzene rings is 1. The lowest BCUT2D eigenvalue weighted by Gasteiger charge is -2.06. The Kier molecular flexibility index (Phi) is 3.15. The highest BCUT2D eigenvalue weighted by Gasteiger charge is 2.10. The third kappa shape index (κ3) is 2.46. The van der Waals surface area contributed by atoms with Crippen LogP contribution in [-0.2, 0) is 33.0 Å². The first-order chi connectivity index (χ1) is 8.81. The summed E-state index contributed by atoms with van der Waals surface area (Å²) in [5, 5.41) is 7.64. The van der Waals surface area contributed by atoms with Crippen LogP contribution < -0.4 is 5.32 Å². The van der Waals surface area contributed by atoms with Gasteiger partial charge in [-0.2, -0.15) is 5.10 Å². The van der Waals surface area contributed by atoms with E-state index in [4.69, 9.17) is 0 Å². The van der Waals surface area contributed by atoms with E-state index in [0.717, 1.165) is 13.1 Å². The number of aryl methyl sites for hydroxylation is 3. The van der Waals surface area contributed by atoms with Crippen LogP contribution in [0.4, 0.5) is 0 Å². The van der Waals surface area contributed by atoms with Gasteiger partial charge in [-0.1, -0.05) is 18.2 Å². The van der Waals surface area contributed by atoms with Gasteiger partial charge < -0.3 is 5.32 Å². The molecule has 0 amide bonds. The van der Waals surface area contributed by atoms with Crippen LogP contribution in [0.25, 0.3) is 0 Å². The highest BCUT2D eigenvalue weighted by molar-refractivity contribution is 5.35. The molecule has 0 atom stereocenters. The molecule has 1 aromatic heterocycles. The molecular formula is C15H19N3. The molecule has 1 aliphatic carbocycles. The van der Waals surface area contributed by atoms with Crippen molar-refractivity contribution in [2.24, 2.45) is 7.05 Å². The van der Waals surface area contributed by atoms with E-state index in [9.17, 15) is 0 Å². The molecule has 0 saturated carbocycles. The molecule has 0 bridgehead atoms. The van der Waals surface area contributed by atoms with E-state index >= 15 is 0 Å². The summed E-state index contributed by atoms with van der Waals surface area (Å²) in [5.74, 6) is 0. The van der Waals surface area contributed by atoms with Gasteiger partial charge in [0, 0.05) is 31.9 Å². The molecule has 3 nitrogen and oxygen atoms in total. The van der Waals surface area contributed by atoms with Crippen molar-refractivity contribution in [3.8, 4) is 0 Å². The van der Waals surface area contributed by atoms with Crippen molar-refractivity contribution in [2.75, 3.05) is 0 Å².